The third-order valence-electron chi connectivity index (χ3n) is 3.06. The molecule has 4 heteroatoms. The first-order chi connectivity index (χ1) is 8.28. The fourth-order valence-corrected chi connectivity index (χ4v) is 2.27. The molecule has 1 aliphatic heterocycles. The Bertz CT molecular complexity index is 338. The van der Waals surface area contributed by atoms with E-state index in [1.165, 1.54) is 12.6 Å². The highest BCUT2D eigenvalue weighted by Crippen LogP contribution is 2.16. The molecule has 1 N–H and O–H groups in total. The second-order valence-corrected chi connectivity index (χ2v) is 4.46. The number of aromatic hydroxyl groups is 1. The highest BCUT2D eigenvalue weighted by molar-refractivity contribution is 5.17. The van der Waals surface area contributed by atoms with Crippen LogP contribution in [-0.2, 0) is 11.3 Å². The molecule has 1 aromatic rings. The zero-order valence-electron chi connectivity index (χ0n) is 10.3. The molecule has 0 aliphatic carbocycles. The van der Waals surface area contributed by atoms with Crippen molar-refractivity contribution in [2.75, 3.05) is 19.7 Å². The molecule has 1 saturated heterocycles. The van der Waals surface area contributed by atoms with Crippen LogP contribution in [0, 0.1) is 0 Å². The van der Waals surface area contributed by atoms with E-state index in [1.54, 1.807) is 6.07 Å². The van der Waals surface area contributed by atoms with E-state index in [2.05, 4.69) is 9.88 Å². The van der Waals surface area contributed by atoms with Crippen LogP contribution in [0.1, 0.15) is 25.5 Å². The van der Waals surface area contributed by atoms with Crippen LogP contribution in [0.15, 0.2) is 18.3 Å². The lowest BCUT2D eigenvalue weighted by Gasteiger charge is -2.32. The van der Waals surface area contributed by atoms with Crippen LogP contribution in [0.25, 0.3) is 0 Å². The van der Waals surface area contributed by atoms with Crippen molar-refractivity contribution in [3.05, 3.63) is 24.0 Å². The molecule has 17 heavy (non-hydrogen) atoms. The predicted octanol–water partition coefficient (Wildman–Crippen LogP) is 1.79. The molecule has 0 spiro atoms. The van der Waals surface area contributed by atoms with Crippen LogP contribution in [0.5, 0.6) is 5.75 Å². The van der Waals surface area contributed by atoms with Gasteiger partial charge in [0.1, 0.15) is 5.75 Å². The maximum atomic E-state index is 9.18. The molecule has 0 bridgehead atoms. The quantitative estimate of drug-likeness (QED) is 0.865. The fraction of sp³-hybridized carbons (Fsp3) is 0.615. The van der Waals surface area contributed by atoms with Crippen molar-refractivity contribution in [2.24, 2.45) is 0 Å². The number of piperidine rings is 1. The normalized spacial score (nSPS) is 21.6. The Labute approximate surface area is 102 Å². The number of aromatic nitrogens is 1. The highest BCUT2D eigenvalue weighted by Gasteiger charge is 2.20. The minimum Gasteiger partial charge on any atom is -0.506 e. The minimum atomic E-state index is 0.222. The van der Waals surface area contributed by atoms with E-state index in [1.807, 2.05) is 13.0 Å². The molecular weight excluding hydrogens is 216 g/mol. The van der Waals surface area contributed by atoms with Gasteiger partial charge in [-0.2, -0.15) is 0 Å². The summed E-state index contributed by atoms with van der Waals surface area (Å²) in [6, 6.07) is 3.56. The molecule has 0 radical (unpaired) electrons. The second kappa shape index (κ2) is 5.98. The van der Waals surface area contributed by atoms with Crippen molar-refractivity contribution in [1.29, 1.82) is 0 Å². The van der Waals surface area contributed by atoms with E-state index in [0.29, 0.717) is 6.10 Å². The molecule has 1 unspecified atom stereocenters. The maximum absolute atomic E-state index is 9.18. The largest absolute Gasteiger partial charge is 0.506 e. The summed E-state index contributed by atoms with van der Waals surface area (Å²) in [6.45, 7) is 5.75. The van der Waals surface area contributed by atoms with Crippen molar-refractivity contribution < 1.29 is 9.84 Å². The molecule has 2 rings (SSSR count). The van der Waals surface area contributed by atoms with Gasteiger partial charge in [0.15, 0.2) is 0 Å². The average molecular weight is 236 g/mol. The van der Waals surface area contributed by atoms with E-state index in [-0.39, 0.29) is 5.75 Å². The first-order valence-electron chi connectivity index (χ1n) is 6.25. The SMILES string of the molecule is CCOC1CCCN(Cc2ccc(O)cn2)C1. The monoisotopic (exact) mass is 236 g/mol. The van der Waals surface area contributed by atoms with Gasteiger partial charge in [0, 0.05) is 19.7 Å². The predicted molar refractivity (Wildman–Crippen MR) is 65.8 cm³/mol. The zero-order chi connectivity index (χ0) is 12.1. The summed E-state index contributed by atoms with van der Waals surface area (Å²) in [5.41, 5.74) is 1.000. The van der Waals surface area contributed by atoms with Gasteiger partial charge in [0.25, 0.3) is 0 Å². The third-order valence-corrected chi connectivity index (χ3v) is 3.06. The van der Waals surface area contributed by atoms with Crippen LogP contribution in [0.4, 0.5) is 0 Å². The molecule has 0 aromatic carbocycles. The summed E-state index contributed by atoms with van der Waals surface area (Å²) in [4.78, 5) is 6.58. The minimum absolute atomic E-state index is 0.222. The summed E-state index contributed by atoms with van der Waals surface area (Å²) < 4.78 is 5.67. The number of nitrogens with zero attached hydrogens (tertiary/aromatic N) is 2. The van der Waals surface area contributed by atoms with Gasteiger partial charge in [0.05, 0.1) is 18.0 Å². The average Bonchev–Trinajstić information content (AvgIpc) is 2.33. The van der Waals surface area contributed by atoms with E-state index >= 15 is 0 Å². The van der Waals surface area contributed by atoms with Gasteiger partial charge in [-0.1, -0.05) is 0 Å². The summed E-state index contributed by atoms with van der Waals surface area (Å²) in [5.74, 6) is 0.222. The van der Waals surface area contributed by atoms with Crippen molar-refractivity contribution in [1.82, 2.24) is 9.88 Å². The summed E-state index contributed by atoms with van der Waals surface area (Å²) in [5, 5.41) is 9.18. The van der Waals surface area contributed by atoms with Gasteiger partial charge >= 0.3 is 0 Å². The molecule has 0 saturated carbocycles. The summed E-state index contributed by atoms with van der Waals surface area (Å²) >= 11 is 0. The van der Waals surface area contributed by atoms with E-state index < -0.39 is 0 Å². The molecule has 1 aliphatic rings. The van der Waals surface area contributed by atoms with Crippen LogP contribution in [0.3, 0.4) is 0 Å². The Morgan fingerprint density at radius 2 is 2.41 bits per heavy atom. The van der Waals surface area contributed by atoms with Gasteiger partial charge in [-0.15, -0.1) is 0 Å². The second-order valence-electron chi connectivity index (χ2n) is 4.46. The Hall–Kier alpha value is -1.13. The van der Waals surface area contributed by atoms with Crippen molar-refractivity contribution in [3.63, 3.8) is 0 Å². The maximum Gasteiger partial charge on any atom is 0.133 e. The lowest BCUT2D eigenvalue weighted by Crippen LogP contribution is -2.39. The Morgan fingerprint density at radius 1 is 1.53 bits per heavy atom. The zero-order valence-corrected chi connectivity index (χ0v) is 10.3. The Kier molecular flexibility index (Phi) is 4.34. The first-order valence-corrected chi connectivity index (χ1v) is 6.25. The van der Waals surface area contributed by atoms with Gasteiger partial charge in [-0.3, -0.25) is 9.88 Å². The van der Waals surface area contributed by atoms with E-state index in [9.17, 15) is 5.11 Å². The first kappa shape index (κ1) is 12.3. The number of pyridine rings is 1. The van der Waals surface area contributed by atoms with Crippen LogP contribution in [-0.4, -0.2) is 40.8 Å². The topological polar surface area (TPSA) is 45.6 Å². The fourth-order valence-electron chi connectivity index (χ4n) is 2.27. The van der Waals surface area contributed by atoms with E-state index in [0.717, 1.165) is 38.4 Å². The molecule has 0 amide bonds. The number of ether oxygens (including phenoxy) is 1. The van der Waals surface area contributed by atoms with Crippen LogP contribution >= 0.6 is 0 Å². The molecule has 1 fully saturated rings. The molecule has 1 atom stereocenters. The van der Waals surface area contributed by atoms with Gasteiger partial charge < -0.3 is 9.84 Å². The molecular formula is C13H20N2O2. The molecule has 94 valence electrons. The summed E-state index contributed by atoms with van der Waals surface area (Å²) in [7, 11) is 0. The van der Waals surface area contributed by atoms with Crippen LogP contribution in [0.2, 0.25) is 0 Å². The van der Waals surface area contributed by atoms with Crippen molar-refractivity contribution >= 4 is 0 Å². The van der Waals surface area contributed by atoms with Gasteiger partial charge in [-0.05, 0) is 38.4 Å². The standard InChI is InChI=1S/C13H20N2O2/c1-2-17-13-4-3-7-15(10-13)9-11-5-6-12(16)8-14-11/h5-6,8,13,16H,2-4,7,9-10H2,1H3. The summed E-state index contributed by atoms with van der Waals surface area (Å²) in [6.07, 6.45) is 4.21. The Balaban J connectivity index is 1.87. The highest BCUT2D eigenvalue weighted by atomic mass is 16.5. The molecule has 2 heterocycles. The number of hydrogen-bond donors (Lipinski definition) is 1. The van der Waals surface area contributed by atoms with E-state index in [4.69, 9.17) is 4.74 Å². The van der Waals surface area contributed by atoms with Crippen LogP contribution < -0.4 is 0 Å². The molecule has 4 nitrogen and oxygen atoms in total. The Morgan fingerprint density at radius 3 is 3.12 bits per heavy atom. The van der Waals surface area contributed by atoms with Gasteiger partial charge in [-0.25, -0.2) is 0 Å². The number of likely N-dealkylation sites (tertiary alicyclic amines) is 1. The number of rotatable bonds is 4. The van der Waals surface area contributed by atoms with Gasteiger partial charge in [0.2, 0.25) is 0 Å². The lowest BCUT2D eigenvalue weighted by atomic mass is 10.1. The van der Waals surface area contributed by atoms with Crippen molar-refractivity contribution in [3.8, 4) is 5.75 Å². The third kappa shape index (κ3) is 3.68. The lowest BCUT2D eigenvalue weighted by molar-refractivity contribution is 0.00331. The number of hydrogen-bond acceptors (Lipinski definition) is 4. The van der Waals surface area contributed by atoms with Crippen molar-refractivity contribution in [2.45, 2.75) is 32.4 Å². The smallest absolute Gasteiger partial charge is 0.133 e. The molecule has 1 aromatic heterocycles.